The average molecular weight is 396 g/mol. The Balaban J connectivity index is 2.33. The lowest BCUT2D eigenvalue weighted by Gasteiger charge is -2.09. The summed E-state index contributed by atoms with van der Waals surface area (Å²) in [7, 11) is 1.45. The molecule has 7 heteroatoms. The van der Waals surface area contributed by atoms with Crippen molar-refractivity contribution in [1.82, 2.24) is 0 Å². The molecule has 2 aromatic rings. The van der Waals surface area contributed by atoms with Gasteiger partial charge in [0, 0.05) is 10.7 Å². The minimum absolute atomic E-state index is 0.100. The second kappa shape index (κ2) is 8.26. The van der Waals surface area contributed by atoms with Crippen molar-refractivity contribution in [2.24, 2.45) is 0 Å². The lowest BCUT2D eigenvalue weighted by Crippen LogP contribution is -2.14. The molecule has 0 aliphatic rings. The van der Waals surface area contributed by atoms with Crippen molar-refractivity contribution in [1.29, 1.82) is 5.26 Å². The van der Waals surface area contributed by atoms with E-state index in [1.807, 2.05) is 13.0 Å². The highest BCUT2D eigenvalue weighted by Gasteiger charge is 2.13. The van der Waals surface area contributed by atoms with E-state index in [4.69, 9.17) is 39.5 Å². The second-order valence-corrected chi connectivity index (χ2v) is 6.35. The third-order valence-electron chi connectivity index (χ3n) is 3.35. The van der Waals surface area contributed by atoms with Crippen LogP contribution in [0.1, 0.15) is 11.1 Å². The Kier molecular flexibility index (Phi) is 6.33. The van der Waals surface area contributed by atoms with Crippen LogP contribution in [-0.2, 0) is 4.79 Å². The fourth-order valence-electron chi connectivity index (χ4n) is 2.09. The highest BCUT2D eigenvalue weighted by molar-refractivity contribution is 6.37. The molecule has 4 nitrogen and oxygen atoms in total. The topological polar surface area (TPSA) is 62.1 Å². The normalized spacial score (nSPS) is 11.0. The summed E-state index contributed by atoms with van der Waals surface area (Å²) in [5.41, 5.74) is 1.76. The molecule has 1 N–H and O–H groups in total. The molecule has 1 amide bonds. The number of halogens is 3. The summed E-state index contributed by atoms with van der Waals surface area (Å²) in [6.07, 6.45) is 1.40. The van der Waals surface area contributed by atoms with Crippen molar-refractivity contribution in [3.8, 4) is 11.8 Å². The SMILES string of the molecule is COc1c(Cl)cc(/C=C(\C#N)C(=O)Nc2cc(Cl)ccc2C)cc1Cl. The molecule has 2 aromatic carbocycles. The Morgan fingerprint density at radius 1 is 1.20 bits per heavy atom. The molecule has 0 spiro atoms. The molecule has 0 bridgehead atoms. The van der Waals surface area contributed by atoms with E-state index >= 15 is 0 Å². The number of nitrogens with zero attached hydrogens (tertiary/aromatic N) is 1. The number of hydrogen-bond acceptors (Lipinski definition) is 3. The van der Waals surface area contributed by atoms with Crippen LogP contribution in [0.25, 0.3) is 6.08 Å². The van der Waals surface area contributed by atoms with E-state index in [1.54, 1.807) is 30.3 Å². The quantitative estimate of drug-likeness (QED) is 0.548. The van der Waals surface area contributed by atoms with Gasteiger partial charge >= 0.3 is 0 Å². The van der Waals surface area contributed by atoms with Crippen molar-refractivity contribution in [3.05, 3.63) is 62.1 Å². The molecule has 0 saturated carbocycles. The number of nitrogens with one attached hydrogen (secondary N) is 1. The van der Waals surface area contributed by atoms with Crippen LogP contribution in [0.5, 0.6) is 5.75 Å². The number of carbonyl (C=O) groups is 1. The van der Waals surface area contributed by atoms with Crippen molar-refractivity contribution in [2.45, 2.75) is 6.92 Å². The van der Waals surface area contributed by atoms with Gasteiger partial charge < -0.3 is 10.1 Å². The van der Waals surface area contributed by atoms with Gasteiger partial charge in [-0.25, -0.2) is 0 Å². The third-order valence-corrected chi connectivity index (χ3v) is 4.15. The van der Waals surface area contributed by atoms with Crippen LogP contribution in [0.2, 0.25) is 15.1 Å². The third kappa shape index (κ3) is 4.67. The van der Waals surface area contributed by atoms with E-state index in [0.29, 0.717) is 22.0 Å². The van der Waals surface area contributed by atoms with E-state index in [1.165, 1.54) is 13.2 Å². The number of carbonyl (C=O) groups excluding carboxylic acids is 1. The minimum atomic E-state index is -0.559. The number of rotatable bonds is 4. The Labute approximate surface area is 160 Å². The number of amides is 1. The van der Waals surface area contributed by atoms with Crippen molar-refractivity contribution >= 4 is 52.5 Å². The standard InChI is InChI=1S/C18H13Cl3N2O2/c1-10-3-4-13(19)8-16(10)23-18(24)12(9-22)5-11-6-14(20)17(25-2)15(21)7-11/h3-8H,1-2H3,(H,23,24)/b12-5+. The van der Waals surface area contributed by atoms with Crippen LogP contribution in [0, 0.1) is 18.3 Å². The van der Waals surface area contributed by atoms with E-state index < -0.39 is 5.91 Å². The van der Waals surface area contributed by atoms with Gasteiger partial charge in [-0.05, 0) is 48.4 Å². The molecular weight excluding hydrogens is 383 g/mol. The van der Waals surface area contributed by atoms with Crippen molar-refractivity contribution in [2.75, 3.05) is 12.4 Å². The zero-order valence-electron chi connectivity index (χ0n) is 13.4. The molecular formula is C18H13Cl3N2O2. The predicted molar refractivity (Wildman–Crippen MR) is 101 cm³/mol. The number of aryl methyl sites for hydroxylation is 1. The number of ether oxygens (including phenoxy) is 1. The van der Waals surface area contributed by atoms with Crippen LogP contribution in [0.3, 0.4) is 0 Å². The largest absolute Gasteiger partial charge is 0.494 e. The highest BCUT2D eigenvalue weighted by Crippen LogP contribution is 2.34. The predicted octanol–water partition coefficient (Wildman–Crippen LogP) is 5.51. The first kappa shape index (κ1) is 19.1. The maximum atomic E-state index is 12.4. The van der Waals surface area contributed by atoms with E-state index in [2.05, 4.69) is 5.32 Å². The maximum Gasteiger partial charge on any atom is 0.266 e. The van der Waals surface area contributed by atoms with Gasteiger partial charge in [-0.1, -0.05) is 40.9 Å². The fraction of sp³-hybridized carbons (Fsp3) is 0.111. The minimum Gasteiger partial charge on any atom is -0.494 e. The van der Waals surface area contributed by atoms with Crippen molar-refractivity contribution < 1.29 is 9.53 Å². The summed E-state index contributed by atoms with van der Waals surface area (Å²) in [6, 6.07) is 10.1. The van der Waals surface area contributed by atoms with Gasteiger partial charge in [0.1, 0.15) is 11.6 Å². The summed E-state index contributed by atoms with van der Waals surface area (Å²) in [6.45, 7) is 1.82. The number of nitriles is 1. The monoisotopic (exact) mass is 394 g/mol. The van der Waals surface area contributed by atoms with E-state index in [9.17, 15) is 10.1 Å². The van der Waals surface area contributed by atoms with Gasteiger partial charge in [-0.3, -0.25) is 4.79 Å². The first-order chi connectivity index (χ1) is 11.8. The summed E-state index contributed by atoms with van der Waals surface area (Å²) < 4.78 is 5.07. The second-order valence-electron chi connectivity index (χ2n) is 5.10. The molecule has 0 saturated heterocycles. The van der Waals surface area contributed by atoms with Crippen LogP contribution in [0.15, 0.2) is 35.9 Å². The molecule has 0 heterocycles. The van der Waals surface area contributed by atoms with E-state index in [0.717, 1.165) is 5.56 Å². The molecule has 25 heavy (non-hydrogen) atoms. The molecule has 0 aliphatic carbocycles. The maximum absolute atomic E-state index is 12.4. The lowest BCUT2D eigenvalue weighted by molar-refractivity contribution is -0.112. The summed E-state index contributed by atoms with van der Waals surface area (Å²) in [5, 5.41) is 13.0. The van der Waals surface area contributed by atoms with Crippen LogP contribution >= 0.6 is 34.8 Å². The highest BCUT2D eigenvalue weighted by atomic mass is 35.5. The molecule has 0 aliphatic heterocycles. The number of hydrogen-bond donors (Lipinski definition) is 1. The number of anilines is 1. The number of methoxy groups -OCH3 is 1. The molecule has 0 fully saturated rings. The molecule has 0 radical (unpaired) electrons. The first-order valence-electron chi connectivity index (χ1n) is 7.08. The van der Waals surface area contributed by atoms with Gasteiger partial charge in [0.25, 0.3) is 5.91 Å². The molecule has 0 atom stereocenters. The molecule has 2 rings (SSSR count). The van der Waals surface area contributed by atoms with Gasteiger partial charge in [-0.15, -0.1) is 0 Å². The Bertz CT molecular complexity index is 879. The van der Waals surface area contributed by atoms with Gasteiger partial charge in [0.2, 0.25) is 0 Å². The summed E-state index contributed by atoms with van der Waals surface area (Å²) in [5.74, 6) is -0.228. The summed E-state index contributed by atoms with van der Waals surface area (Å²) >= 11 is 18.1. The summed E-state index contributed by atoms with van der Waals surface area (Å²) in [4.78, 5) is 12.4. The fourth-order valence-corrected chi connectivity index (χ4v) is 2.92. The molecule has 0 unspecified atom stereocenters. The Morgan fingerprint density at radius 2 is 1.84 bits per heavy atom. The van der Waals surface area contributed by atoms with E-state index in [-0.39, 0.29) is 15.6 Å². The van der Waals surface area contributed by atoms with Crippen LogP contribution in [-0.4, -0.2) is 13.0 Å². The Morgan fingerprint density at radius 3 is 2.40 bits per heavy atom. The lowest BCUT2D eigenvalue weighted by atomic mass is 10.1. The molecule has 128 valence electrons. The average Bonchev–Trinajstić information content (AvgIpc) is 2.55. The van der Waals surface area contributed by atoms with Crippen LogP contribution in [0.4, 0.5) is 5.69 Å². The number of benzene rings is 2. The Hall–Kier alpha value is -2.19. The zero-order valence-corrected chi connectivity index (χ0v) is 15.6. The van der Waals surface area contributed by atoms with Gasteiger partial charge in [-0.2, -0.15) is 5.26 Å². The first-order valence-corrected chi connectivity index (χ1v) is 8.21. The van der Waals surface area contributed by atoms with Crippen molar-refractivity contribution in [3.63, 3.8) is 0 Å². The smallest absolute Gasteiger partial charge is 0.266 e. The van der Waals surface area contributed by atoms with Gasteiger partial charge in [0.05, 0.1) is 17.2 Å². The zero-order chi connectivity index (χ0) is 18.6. The molecule has 0 aromatic heterocycles. The van der Waals surface area contributed by atoms with Gasteiger partial charge in [0.15, 0.2) is 5.75 Å². The van der Waals surface area contributed by atoms with Crippen LogP contribution < -0.4 is 10.1 Å².